The standard InChI is InChI=1S/C21H25ClN2O/c1-14-16(3)24(21-19(14)10-7-11-20(21)22)13-18(25)12-23-15(2)17-8-5-4-6-9-17/h4-11,15,18,23,25H,12-13H2,1-3H3/t15-,18-/m1/s1. The van der Waals surface area contributed by atoms with Crippen LogP contribution >= 0.6 is 11.6 Å². The molecule has 2 atom stereocenters. The first-order chi connectivity index (χ1) is 12.0. The molecule has 2 aromatic carbocycles. The van der Waals surface area contributed by atoms with Gasteiger partial charge in [-0.3, -0.25) is 0 Å². The van der Waals surface area contributed by atoms with Gasteiger partial charge in [-0.2, -0.15) is 0 Å². The van der Waals surface area contributed by atoms with E-state index in [1.54, 1.807) is 0 Å². The second kappa shape index (κ2) is 7.61. The lowest BCUT2D eigenvalue weighted by molar-refractivity contribution is 0.149. The van der Waals surface area contributed by atoms with Crippen LogP contribution in [0.1, 0.15) is 29.8 Å². The van der Waals surface area contributed by atoms with Gasteiger partial charge in [-0.05, 0) is 38.0 Å². The average molecular weight is 357 g/mol. The van der Waals surface area contributed by atoms with Crippen molar-refractivity contribution < 1.29 is 5.11 Å². The van der Waals surface area contributed by atoms with Crippen molar-refractivity contribution in [2.45, 2.75) is 39.5 Å². The maximum Gasteiger partial charge on any atom is 0.0843 e. The molecule has 0 amide bonds. The number of nitrogens with zero attached hydrogens (tertiary/aromatic N) is 1. The Morgan fingerprint density at radius 3 is 2.52 bits per heavy atom. The van der Waals surface area contributed by atoms with Crippen LogP contribution < -0.4 is 5.32 Å². The SMILES string of the molecule is Cc1c(C)n(C[C@H](O)CN[C@H](C)c2ccccc2)c2c(Cl)cccc12. The van der Waals surface area contributed by atoms with E-state index < -0.39 is 6.10 Å². The molecule has 25 heavy (non-hydrogen) atoms. The van der Waals surface area contributed by atoms with E-state index in [2.05, 4.69) is 48.9 Å². The Bertz CT molecular complexity index is 857. The van der Waals surface area contributed by atoms with Crippen molar-refractivity contribution in [1.82, 2.24) is 9.88 Å². The summed E-state index contributed by atoms with van der Waals surface area (Å²) in [7, 11) is 0. The molecule has 0 saturated carbocycles. The number of fused-ring (bicyclic) bond motifs is 1. The first kappa shape index (κ1) is 18.0. The molecule has 0 aliphatic carbocycles. The molecule has 0 aliphatic rings. The van der Waals surface area contributed by atoms with Gasteiger partial charge in [0, 0.05) is 23.7 Å². The number of benzene rings is 2. The van der Waals surface area contributed by atoms with Crippen LogP contribution in [0.3, 0.4) is 0 Å². The molecular weight excluding hydrogens is 332 g/mol. The zero-order valence-corrected chi connectivity index (χ0v) is 15.7. The summed E-state index contributed by atoms with van der Waals surface area (Å²) < 4.78 is 2.13. The monoisotopic (exact) mass is 356 g/mol. The number of para-hydroxylation sites is 1. The number of halogens is 1. The first-order valence-electron chi connectivity index (χ1n) is 8.69. The minimum absolute atomic E-state index is 0.198. The fraction of sp³-hybridized carbons (Fsp3) is 0.333. The molecule has 0 fully saturated rings. The van der Waals surface area contributed by atoms with Gasteiger partial charge in [-0.15, -0.1) is 0 Å². The largest absolute Gasteiger partial charge is 0.390 e. The molecule has 0 unspecified atom stereocenters. The van der Waals surface area contributed by atoms with Gasteiger partial charge in [-0.25, -0.2) is 0 Å². The lowest BCUT2D eigenvalue weighted by Gasteiger charge is -2.19. The van der Waals surface area contributed by atoms with Crippen molar-refractivity contribution in [2.75, 3.05) is 6.54 Å². The third kappa shape index (κ3) is 3.74. The minimum atomic E-state index is -0.490. The van der Waals surface area contributed by atoms with E-state index in [0.29, 0.717) is 13.1 Å². The number of hydrogen-bond donors (Lipinski definition) is 2. The van der Waals surface area contributed by atoms with Crippen LogP contribution in [-0.4, -0.2) is 22.3 Å². The van der Waals surface area contributed by atoms with Gasteiger partial charge in [0.05, 0.1) is 23.2 Å². The van der Waals surface area contributed by atoms with Crippen LogP contribution in [0.5, 0.6) is 0 Å². The smallest absolute Gasteiger partial charge is 0.0843 e. The average Bonchev–Trinajstić information content (AvgIpc) is 2.86. The van der Waals surface area contributed by atoms with Gasteiger partial charge >= 0.3 is 0 Å². The summed E-state index contributed by atoms with van der Waals surface area (Å²) in [6.07, 6.45) is -0.490. The summed E-state index contributed by atoms with van der Waals surface area (Å²) in [4.78, 5) is 0. The Labute approximate surface area is 154 Å². The maximum atomic E-state index is 10.6. The van der Waals surface area contributed by atoms with E-state index in [9.17, 15) is 5.11 Å². The van der Waals surface area contributed by atoms with Crippen LogP contribution in [0.25, 0.3) is 10.9 Å². The van der Waals surface area contributed by atoms with Crippen molar-refractivity contribution in [1.29, 1.82) is 0 Å². The summed E-state index contributed by atoms with van der Waals surface area (Å²) in [5, 5.41) is 15.9. The molecule has 3 rings (SSSR count). The molecule has 3 aromatic rings. The highest BCUT2D eigenvalue weighted by Crippen LogP contribution is 2.30. The number of nitrogens with one attached hydrogen (secondary N) is 1. The van der Waals surface area contributed by atoms with E-state index in [4.69, 9.17) is 11.6 Å². The van der Waals surface area contributed by atoms with Gasteiger partial charge in [0.1, 0.15) is 0 Å². The predicted molar refractivity (Wildman–Crippen MR) is 105 cm³/mol. The van der Waals surface area contributed by atoms with Crippen molar-refractivity contribution in [3.05, 3.63) is 70.4 Å². The molecule has 1 aromatic heterocycles. The Hall–Kier alpha value is -1.81. The van der Waals surface area contributed by atoms with E-state index in [1.165, 1.54) is 11.1 Å². The second-order valence-electron chi connectivity index (χ2n) is 6.65. The lowest BCUT2D eigenvalue weighted by atomic mass is 10.1. The summed E-state index contributed by atoms with van der Waals surface area (Å²) in [6, 6.07) is 16.4. The normalized spacial score (nSPS) is 14.0. The van der Waals surface area contributed by atoms with Crippen molar-refractivity contribution in [2.24, 2.45) is 0 Å². The van der Waals surface area contributed by atoms with Crippen LogP contribution in [0.15, 0.2) is 48.5 Å². The van der Waals surface area contributed by atoms with Gasteiger partial charge < -0.3 is 15.0 Å². The first-order valence-corrected chi connectivity index (χ1v) is 9.07. The van der Waals surface area contributed by atoms with Crippen LogP contribution in [0.2, 0.25) is 5.02 Å². The summed E-state index contributed by atoms with van der Waals surface area (Å²) in [6.45, 7) is 7.34. The number of aromatic nitrogens is 1. The number of aliphatic hydroxyl groups excluding tert-OH is 1. The summed E-state index contributed by atoms with van der Waals surface area (Å²) in [5.41, 5.74) is 4.60. The van der Waals surface area contributed by atoms with Gasteiger partial charge in [0.25, 0.3) is 0 Å². The van der Waals surface area contributed by atoms with E-state index in [1.807, 2.05) is 30.3 Å². The van der Waals surface area contributed by atoms with Gasteiger partial charge in [0.15, 0.2) is 0 Å². The molecule has 0 aliphatic heterocycles. The Morgan fingerprint density at radius 1 is 1.08 bits per heavy atom. The summed E-state index contributed by atoms with van der Waals surface area (Å²) >= 11 is 6.42. The molecule has 0 spiro atoms. The predicted octanol–water partition coefficient (Wildman–Crippen LogP) is 4.62. The van der Waals surface area contributed by atoms with Crippen molar-refractivity contribution in [3.8, 4) is 0 Å². The highest BCUT2D eigenvalue weighted by molar-refractivity contribution is 6.35. The van der Waals surface area contributed by atoms with Gasteiger partial charge in [0.2, 0.25) is 0 Å². The maximum absolute atomic E-state index is 10.6. The lowest BCUT2D eigenvalue weighted by Crippen LogP contribution is -2.32. The number of hydrogen-bond acceptors (Lipinski definition) is 2. The molecular formula is C21H25ClN2O. The Balaban J connectivity index is 1.72. The quantitative estimate of drug-likeness (QED) is 0.676. The van der Waals surface area contributed by atoms with E-state index >= 15 is 0 Å². The fourth-order valence-electron chi connectivity index (χ4n) is 3.33. The molecule has 132 valence electrons. The zero-order chi connectivity index (χ0) is 18.0. The fourth-order valence-corrected chi connectivity index (χ4v) is 3.61. The highest BCUT2D eigenvalue weighted by atomic mass is 35.5. The molecule has 1 heterocycles. The number of rotatable bonds is 6. The molecule has 0 saturated heterocycles. The highest BCUT2D eigenvalue weighted by Gasteiger charge is 2.16. The van der Waals surface area contributed by atoms with E-state index in [-0.39, 0.29) is 6.04 Å². The van der Waals surface area contributed by atoms with Crippen molar-refractivity contribution in [3.63, 3.8) is 0 Å². The third-order valence-electron chi connectivity index (χ3n) is 4.96. The topological polar surface area (TPSA) is 37.2 Å². The summed E-state index contributed by atoms with van der Waals surface area (Å²) in [5.74, 6) is 0. The molecule has 4 heteroatoms. The second-order valence-corrected chi connectivity index (χ2v) is 7.06. The number of aryl methyl sites for hydroxylation is 1. The Kier molecular flexibility index (Phi) is 5.48. The molecule has 2 N–H and O–H groups in total. The van der Waals surface area contributed by atoms with Crippen LogP contribution in [0.4, 0.5) is 0 Å². The van der Waals surface area contributed by atoms with Gasteiger partial charge in [-0.1, -0.05) is 54.1 Å². The molecule has 3 nitrogen and oxygen atoms in total. The minimum Gasteiger partial charge on any atom is -0.390 e. The third-order valence-corrected chi connectivity index (χ3v) is 5.27. The number of aliphatic hydroxyl groups is 1. The molecule has 0 radical (unpaired) electrons. The van der Waals surface area contributed by atoms with E-state index in [0.717, 1.165) is 21.6 Å². The van der Waals surface area contributed by atoms with Crippen LogP contribution in [-0.2, 0) is 6.54 Å². The zero-order valence-electron chi connectivity index (χ0n) is 15.0. The Morgan fingerprint density at radius 2 is 1.80 bits per heavy atom. The van der Waals surface area contributed by atoms with Crippen LogP contribution in [0, 0.1) is 13.8 Å². The molecule has 0 bridgehead atoms. The van der Waals surface area contributed by atoms with Crippen molar-refractivity contribution >= 4 is 22.5 Å².